The molecule has 150 valence electrons. The van der Waals surface area contributed by atoms with Gasteiger partial charge in [-0.05, 0) is 17.5 Å². The van der Waals surface area contributed by atoms with Gasteiger partial charge in [0.25, 0.3) is 5.16 Å². The van der Waals surface area contributed by atoms with Gasteiger partial charge in [0.15, 0.2) is 5.65 Å². The average Bonchev–Trinajstić information content (AvgIpc) is 3.35. The van der Waals surface area contributed by atoms with Crippen LogP contribution >= 0.6 is 0 Å². The van der Waals surface area contributed by atoms with Crippen molar-refractivity contribution in [2.75, 3.05) is 11.6 Å². The van der Waals surface area contributed by atoms with Crippen molar-refractivity contribution in [1.29, 1.82) is 0 Å². The summed E-state index contributed by atoms with van der Waals surface area (Å²) in [5.74, 6) is 0.436. The quantitative estimate of drug-likeness (QED) is 0.509. The Morgan fingerprint density at radius 1 is 1.14 bits per heavy atom. The first-order chi connectivity index (χ1) is 13.8. The van der Waals surface area contributed by atoms with Gasteiger partial charge in [0, 0.05) is 18.4 Å². The minimum Gasteiger partial charge on any atom is -0.350 e. The van der Waals surface area contributed by atoms with Crippen molar-refractivity contribution in [3.8, 4) is 5.69 Å². The highest BCUT2D eigenvalue weighted by Crippen LogP contribution is 2.22. The molecule has 3 heterocycles. The number of hydrogen-bond acceptors (Lipinski definition) is 8. The van der Waals surface area contributed by atoms with E-state index in [0.29, 0.717) is 18.1 Å². The molecule has 0 saturated heterocycles. The third-order valence-corrected chi connectivity index (χ3v) is 5.27. The molecule has 0 aliphatic heterocycles. The second-order valence-corrected chi connectivity index (χ2v) is 8.82. The molecule has 1 aromatic carbocycles. The van der Waals surface area contributed by atoms with Gasteiger partial charge in [0.2, 0.25) is 15.8 Å². The van der Waals surface area contributed by atoms with Crippen LogP contribution in [0.25, 0.3) is 11.3 Å². The van der Waals surface area contributed by atoms with E-state index in [9.17, 15) is 8.42 Å². The molecule has 0 atom stereocenters. The maximum absolute atomic E-state index is 12.1. The predicted molar refractivity (Wildman–Crippen MR) is 107 cm³/mol. The lowest BCUT2D eigenvalue weighted by molar-refractivity contribution is 0.592. The molecule has 29 heavy (non-hydrogen) atoms. The highest BCUT2D eigenvalue weighted by molar-refractivity contribution is 7.90. The topological polar surface area (TPSA) is 120 Å². The number of aromatic nitrogens is 7. The van der Waals surface area contributed by atoms with Crippen molar-refractivity contribution in [3.05, 3.63) is 54.2 Å². The third-order valence-electron chi connectivity index (χ3n) is 4.42. The number of para-hydroxylation sites is 1. The molecule has 0 saturated carbocycles. The first-order valence-corrected chi connectivity index (χ1v) is 10.9. The third kappa shape index (κ3) is 3.68. The number of rotatable bonds is 6. The van der Waals surface area contributed by atoms with Gasteiger partial charge in [-0.15, -0.1) is 0 Å². The second-order valence-electron chi connectivity index (χ2n) is 6.91. The summed E-state index contributed by atoms with van der Waals surface area (Å²) in [5, 5.41) is 11.5. The number of fused-ring (bicyclic) bond motifs is 1. The maximum atomic E-state index is 12.1. The van der Waals surface area contributed by atoms with Crippen molar-refractivity contribution in [2.45, 2.75) is 31.5 Å². The van der Waals surface area contributed by atoms with Crippen LogP contribution in [-0.4, -0.2) is 49.0 Å². The normalized spacial score (nSPS) is 12.0. The largest absolute Gasteiger partial charge is 0.350 e. The number of nitrogens with one attached hydrogen (secondary N) is 1. The van der Waals surface area contributed by atoms with E-state index in [1.807, 2.05) is 38.1 Å². The van der Waals surface area contributed by atoms with E-state index >= 15 is 0 Å². The first-order valence-electron chi connectivity index (χ1n) is 8.97. The molecule has 3 aromatic heterocycles. The fourth-order valence-electron chi connectivity index (χ4n) is 2.95. The van der Waals surface area contributed by atoms with E-state index in [-0.39, 0.29) is 11.1 Å². The Morgan fingerprint density at radius 3 is 2.62 bits per heavy atom. The number of anilines is 1. The van der Waals surface area contributed by atoms with Gasteiger partial charge in [-0.2, -0.15) is 24.7 Å². The molecule has 0 bridgehead atoms. The smallest absolute Gasteiger partial charge is 0.252 e. The predicted octanol–water partition coefficient (Wildman–Crippen LogP) is 1.84. The summed E-state index contributed by atoms with van der Waals surface area (Å²) in [6.45, 7) is 4.38. The van der Waals surface area contributed by atoms with Crippen molar-refractivity contribution in [2.24, 2.45) is 0 Å². The molecule has 10 nitrogen and oxygen atoms in total. The van der Waals surface area contributed by atoms with Crippen molar-refractivity contribution < 1.29 is 8.42 Å². The van der Waals surface area contributed by atoms with Crippen LogP contribution in [0, 0.1) is 0 Å². The second kappa shape index (κ2) is 7.24. The van der Waals surface area contributed by atoms with Crippen molar-refractivity contribution >= 4 is 21.4 Å². The molecule has 11 heteroatoms. The number of hydrogen-bond donors (Lipinski definition) is 1. The van der Waals surface area contributed by atoms with Crippen LogP contribution < -0.4 is 5.32 Å². The summed E-state index contributed by atoms with van der Waals surface area (Å²) in [5.41, 5.74) is 3.11. The molecule has 0 fully saturated rings. The highest BCUT2D eigenvalue weighted by atomic mass is 32.2. The molecule has 4 rings (SSSR count). The van der Waals surface area contributed by atoms with Crippen LogP contribution in [0.15, 0.2) is 48.3 Å². The molecular formula is C18H20N8O2S. The minimum atomic E-state index is -3.59. The first kappa shape index (κ1) is 19.0. The Labute approximate surface area is 167 Å². The molecule has 0 radical (unpaired) electrons. The van der Waals surface area contributed by atoms with Crippen molar-refractivity contribution in [1.82, 2.24) is 34.3 Å². The standard InChI is InChI=1S/C18H20N8O2S/c1-12(2)14-9-21-26-16(14)23-18(29(3,27)28)24-17(26)20-8-13-6-4-5-7-15(13)25-11-19-10-22-25/h4-7,9-12H,8H2,1-3H3,(H,20,23,24). The van der Waals surface area contributed by atoms with Gasteiger partial charge in [-0.3, -0.25) is 0 Å². The van der Waals surface area contributed by atoms with Crippen LogP contribution in [0.4, 0.5) is 5.95 Å². The van der Waals surface area contributed by atoms with Gasteiger partial charge in [-0.1, -0.05) is 32.0 Å². The molecule has 0 spiro atoms. The van der Waals surface area contributed by atoms with Crippen LogP contribution in [-0.2, 0) is 16.4 Å². The van der Waals surface area contributed by atoms with Gasteiger partial charge in [-0.25, -0.2) is 18.1 Å². The molecule has 0 amide bonds. The van der Waals surface area contributed by atoms with Crippen LogP contribution in [0.5, 0.6) is 0 Å². The number of benzene rings is 1. The maximum Gasteiger partial charge on any atom is 0.252 e. The van der Waals surface area contributed by atoms with Crippen molar-refractivity contribution in [3.63, 3.8) is 0 Å². The fourth-order valence-corrected chi connectivity index (χ4v) is 3.46. The molecule has 0 aliphatic rings. The Bertz CT molecular complexity index is 1260. The van der Waals surface area contributed by atoms with Crippen LogP contribution in [0.1, 0.15) is 30.9 Å². The fraction of sp³-hybridized carbons (Fsp3) is 0.278. The summed E-state index contributed by atoms with van der Waals surface area (Å²) in [6.07, 6.45) is 5.86. The molecule has 0 unspecified atom stereocenters. The molecule has 4 aromatic rings. The molecule has 0 aliphatic carbocycles. The summed E-state index contributed by atoms with van der Waals surface area (Å²) in [7, 11) is -3.59. The zero-order chi connectivity index (χ0) is 20.6. The number of nitrogens with zero attached hydrogens (tertiary/aromatic N) is 7. The minimum absolute atomic E-state index is 0.135. The number of sulfone groups is 1. The lowest BCUT2D eigenvalue weighted by Crippen LogP contribution is -2.14. The zero-order valence-electron chi connectivity index (χ0n) is 16.2. The monoisotopic (exact) mass is 412 g/mol. The van der Waals surface area contributed by atoms with E-state index in [4.69, 9.17) is 0 Å². The van der Waals surface area contributed by atoms with E-state index in [1.54, 1.807) is 17.2 Å². The Kier molecular flexibility index (Phi) is 4.74. The lowest BCUT2D eigenvalue weighted by Gasteiger charge is -2.12. The Morgan fingerprint density at radius 2 is 1.93 bits per heavy atom. The van der Waals surface area contributed by atoms with E-state index in [2.05, 4.69) is 30.5 Å². The molecular weight excluding hydrogens is 392 g/mol. The van der Waals surface area contributed by atoms with E-state index < -0.39 is 9.84 Å². The summed E-state index contributed by atoms with van der Waals surface area (Å²) < 4.78 is 27.4. The van der Waals surface area contributed by atoms with Crippen LogP contribution in [0.2, 0.25) is 0 Å². The van der Waals surface area contributed by atoms with Gasteiger partial charge in [0.05, 0.1) is 11.9 Å². The Hall–Kier alpha value is -3.34. The zero-order valence-corrected chi connectivity index (χ0v) is 17.0. The van der Waals surface area contributed by atoms with Gasteiger partial charge in [0.1, 0.15) is 12.7 Å². The van der Waals surface area contributed by atoms with Gasteiger partial charge < -0.3 is 5.32 Å². The van der Waals surface area contributed by atoms with E-state index in [0.717, 1.165) is 23.1 Å². The van der Waals surface area contributed by atoms with Gasteiger partial charge >= 0.3 is 0 Å². The summed E-state index contributed by atoms with van der Waals surface area (Å²) >= 11 is 0. The summed E-state index contributed by atoms with van der Waals surface area (Å²) in [6, 6.07) is 7.70. The van der Waals surface area contributed by atoms with E-state index in [1.165, 1.54) is 10.8 Å². The lowest BCUT2D eigenvalue weighted by atomic mass is 10.1. The SMILES string of the molecule is CC(C)c1cnn2c(NCc3ccccc3-n3cncn3)nc(S(C)(=O)=O)nc12. The van der Waals surface area contributed by atoms with Crippen LogP contribution in [0.3, 0.4) is 0 Å². The average molecular weight is 412 g/mol. The summed E-state index contributed by atoms with van der Waals surface area (Å²) in [4.78, 5) is 12.4. The highest BCUT2D eigenvalue weighted by Gasteiger charge is 2.20. The Balaban J connectivity index is 1.76. The molecule has 1 N–H and O–H groups in total.